The smallest absolute Gasteiger partial charge is 0.254 e. The SMILES string of the molecule is COc1cc(CN(CC2CCCO2)C(=O)c2ccc3[nH]c(C)c(C)c3c2)ccc1OCc1ccccn1. The van der Waals surface area contributed by atoms with E-state index < -0.39 is 0 Å². The molecule has 1 fully saturated rings. The summed E-state index contributed by atoms with van der Waals surface area (Å²) in [5, 5.41) is 1.08. The number of aromatic amines is 1. The fourth-order valence-electron chi connectivity index (χ4n) is 4.82. The number of rotatable bonds is 9. The summed E-state index contributed by atoms with van der Waals surface area (Å²) in [5.74, 6) is 1.25. The highest BCUT2D eigenvalue weighted by molar-refractivity contribution is 5.99. The molecule has 0 bridgehead atoms. The van der Waals surface area contributed by atoms with Crippen molar-refractivity contribution in [3.8, 4) is 11.5 Å². The molecule has 1 unspecified atom stereocenters. The number of ether oxygens (including phenoxy) is 3. The van der Waals surface area contributed by atoms with Gasteiger partial charge in [0, 0.05) is 48.1 Å². The first kappa shape index (κ1) is 24.8. The molecule has 0 radical (unpaired) electrons. The van der Waals surface area contributed by atoms with Gasteiger partial charge in [-0.15, -0.1) is 0 Å². The van der Waals surface area contributed by atoms with Crippen LogP contribution in [-0.2, 0) is 17.9 Å². The molecule has 1 saturated heterocycles. The van der Waals surface area contributed by atoms with Crippen LogP contribution in [0.3, 0.4) is 0 Å². The Morgan fingerprint density at radius 3 is 2.78 bits per heavy atom. The monoisotopic (exact) mass is 499 g/mol. The predicted octanol–water partition coefficient (Wildman–Crippen LogP) is 5.59. The summed E-state index contributed by atoms with van der Waals surface area (Å²) < 4.78 is 17.5. The second kappa shape index (κ2) is 11.0. The van der Waals surface area contributed by atoms with Gasteiger partial charge < -0.3 is 24.1 Å². The lowest BCUT2D eigenvalue weighted by atomic mass is 10.1. The van der Waals surface area contributed by atoms with Gasteiger partial charge in [0.25, 0.3) is 5.91 Å². The van der Waals surface area contributed by atoms with Crippen LogP contribution >= 0.6 is 0 Å². The quantitative estimate of drug-likeness (QED) is 0.325. The lowest BCUT2D eigenvalue weighted by Gasteiger charge is -2.26. The topological polar surface area (TPSA) is 76.7 Å². The first-order chi connectivity index (χ1) is 18.0. The highest BCUT2D eigenvalue weighted by atomic mass is 16.5. The van der Waals surface area contributed by atoms with Crippen molar-refractivity contribution in [1.82, 2.24) is 14.9 Å². The molecule has 1 atom stereocenters. The van der Waals surface area contributed by atoms with Gasteiger partial charge in [-0.05, 0) is 80.3 Å². The van der Waals surface area contributed by atoms with Crippen LogP contribution < -0.4 is 9.47 Å². The molecule has 1 aliphatic rings. The van der Waals surface area contributed by atoms with Crippen molar-refractivity contribution in [2.24, 2.45) is 0 Å². The Hall–Kier alpha value is -3.84. The van der Waals surface area contributed by atoms with Crippen molar-refractivity contribution >= 4 is 16.8 Å². The van der Waals surface area contributed by atoms with E-state index in [-0.39, 0.29) is 12.0 Å². The first-order valence-electron chi connectivity index (χ1n) is 12.7. The lowest BCUT2D eigenvalue weighted by molar-refractivity contribution is 0.0507. The van der Waals surface area contributed by atoms with Gasteiger partial charge in [-0.25, -0.2) is 0 Å². The zero-order valence-electron chi connectivity index (χ0n) is 21.6. The average Bonchev–Trinajstić information content (AvgIpc) is 3.54. The highest BCUT2D eigenvalue weighted by Crippen LogP contribution is 2.30. The van der Waals surface area contributed by atoms with Crippen molar-refractivity contribution in [2.75, 3.05) is 20.3 Å². The number of carbonyl (C=O) groups excluding carboxylic acids is 1. The molecule has 7 nitrogen and oxygen atoms in total. The molecule has 1 N–H and O–H groups in total. The van der Waals surface area contributed by atoms with E-state index in [1.54, 1.807) is 13.3 Å². The second-order valence-corrected chi connectivity index (χ2v) is 9.55. The van der Waals surface area contributed by atoms with E-state index in [1.165, 1.54) is 5.56 Å². The summed E-state index contributed by atoms with van der Waals surface area (Å²) in [4.78, 5) is 23.4. The van der Waals surface area contributed by atoms with Crippen molar-refractivity contribution in [2.45, 2.75) is 45.9 Å². The highest BCUT2D eigenvalue weighted by Gasteiger charge is 2.24. The molecule has 192 valence electrons. The maximum atomic E-state index is 13.8. The van der Waals surface area contributed by atoms with Crippen LogP contribution in [0, 0.1) is 13.8 Å². The van der Waals surface area contributed by atoms with E-state index in [0.29, 0.717) is 36.8 Å². The Bertz CT molecular complexity index is 1380. The first-order valence-corrected chi connectivity index (χ1v) is 12.7. The second-order valence-electron chi connectivity index (χ2n) is 9.55. The van der Waals surface area contributed by atoms with Crippen LogP contribution in [0.2, 0.25) is 0 Å². The number of hydrogen-bond donors (Lipinski definition) is 1. The number of methoxy groups -OCH3 is 1. The Balaban J connectivity index is 1.37. The van der Waals surface area contributed by atoms with Gasteiger partial charge in [0.1, 0.15) is 6.61 Å². The molecular formula is C30H33N3O4. The van der Waals surface area contributed by atoms with Crippen LogP contribution in [0.15, 0.2) is 60.8 Å². The van der Waals surface area contributed by atoms with Gasteiger partial charge >= 0.3 is 0 Å². The fourth-order valence-corrected chi connectivity index (χ4v) is 4.82. The molecule has 5 rings (SSSR count). The maximum absolute atomic E-state index is 13.8. The van der Waals surface area contributed by atoms with Crippen molar-refractivity contribution in [1.29, 1.82) is 0 Å². The van der Waals surface area contributed by atoms with E-state index in [2.05, 4.69) is 23.8 Å². The van der Waals surface area contributed by atoms with Gasteiger partial charge in [0.05, 0.1) is 18.9 Å². The molecule has 0 saturated carbocycles. The minimum Gasteiger partial charge on any atom is -0.493 e. The van der Waals surface area contributed by atoms with Crippen molar-refractivity contribution < 1.29 is 19.0 Å². The van der Waals surface area contributed by atoms with Crippen molar-refractivity contribution in [3.05, 3.63) is 88.9 Å². The Morgan fingerprint density at radius 1 is 1.14 bits per heavy atom. The maximum Gasteiger partial charge on any atom is 0.254 e. The van der Waals surface area contributed by atoms with E-state index in [0.717, 1.165) is 47.3 Å². The molecule has 1 amide bonds. The normalized spacial score (nSPS) is 15.2. The molecule has 2 aromatic carbocycles. The van der Waals surface area contributed by atoms with Gasteiger partial charge in [-0.2, -0.15) is 0 Å². The molecule has 2 aromatic heterocycles. The number of pyridine rings is 1. The molecule has 4 aromatic rings. The van der Waals surface area contributed by atoms with Crippen LogP contribution in [0.1, 0.15) is 45.7 Å². The standard InChI is InChI=1S/C30H33N3O4/c1-20-21(2)32-27-11-10-23(16-26(20)27)30(34)33(18-25-8-6-14-36-25)17-22-9-12-28(29(15-22)35-3)37-19-24-7-4-5-13-31-24/h4-5,7,9-13,15-16,25,32H,6,8,14,17-19H2,1-3H3. The number of fused-ring (bicyclic) bond motifs is 1. The summed E-state index contributed by atoms with van der Waals surface area (Å²) >= 11 is 0. The molecule has 37 heavy (non-hydrogen) atoms. The third-order valence-electron chi connectivity index (χ3n) is 6.99. The minimum atomic E-state index is -0.00917. The van der Waals surface area contributed by atoms with Crippen molar-refractivity contribution in [3.63, 3.8) is 0 Å². The van der Waals surface area contributed by atoms with E-state index >= 15 is 0 Å². The molecule has 0 aliphatic carbocycles. The molecule has 7 heteroatoms. The minimum absolute atomic E-state index is 0.00917. The van der Waals surface area contributed by atoms with Gasteiger partial charge in [-0.3, -0.25) is 9.78 Å². The van der Waals surface area contributed by atoms with Gasteiger partial charge in [0.2, 0.25) is 0 Å². The number of hydrogen-bond acceptors (Lipinski definition) is 5. The number of benzene rings is 2. The summed E-state index contributed by atoms with van der Waals surface area (Å²) in [5.41, 5.74) is 5.81. The summed E-state index contributed by atoms with van der Waals surface area (Å²) in [6.07, 6.45) is 3.78. The number of nitrogens with zero attached hydrogens (tertiary/aromatic N) is 2. The number of aryl methyl sites for hydroxylation is 2. The van der Waals surface area contributed by atoms with E-state index in [1.807, 2.05) is 59.5 Å². The lowest BCUT2D eigenvalue weighted by Crippen LogP contribution is -2.37. The fraction of sp³-hybridized carbons (Fsp3) is 0.333. The van der Waals surface area contributed by atoms with Crippen LogP contribution in [-0.4, -0.2) is 47.1 Å². The third kappa shape index (κ3) is 5.62. The Labute approximate surface area is 217 Å². The number of amides is 1. The van der Waals surface area contributed by atoms with Crippen LogP contribution in [0.5, 0.6) is 11.5 Å². The number of aromatic nitrogens is 2. The van der Waals surface area contributed by atoms with Crippen LogP contribution in [0.25, 0.3) is 10.9 Å². The average molecular weight is 500 g/mol. The summed E-state index contributed by atoms with van der Waals surface area (Å²) in [6.45, 7) is 6.21. The summed E-state index contributed by atoms with van der Waals surface area (Å²) in [6, 6.07) is 17.4. The van der Waals surface area contributed by atoms with Crippen LogP contribution in [0.4, 0.5) is 0 Å². The zero-order valence-corrected chi connectivity index (χ0v) is 21.6. The largest absolute Gasteiger partial charge is 0.493 e. The van der Waals surface area contributed by atoms with Gasteiger partial charge in [0.15, 0.2) is 11.5 Å². The van der Waals surface area contributed by atoms with Gasteiger partial charge in [-0.1, -0.05) is 12.1 Å². The third-order valence-corrected chi connectivity index (χ3v) is 6.99. The van der Waals surface area contributed by atoms with E-state index in [4.69, 9.17) is 14.2 Å². The summed E-state index contributed by atoms with van der Waals surface area (Å²) in [7, 11) is 1.62. The number of H-pyrrole nitrogens is 1. The number of carbonyl (C=O) groups is 1. The molecule has 0 spiro atoms. The Kier molecular flexibility index (Phi) is 7.42. The predicted molar refractivity (Wildman–Crippen MR) is 143 cm³/mol. The van der Waals surface area contributed by atoms with E-state index in [9.17, 15) is 4.79 Å². The zero-order chi connectivity index (χ0) is 25.8. The molecule has 1 aliphatic heterocycles. The Morgan fingerprint density at radius 2 is 2.03 bits per heavy atom. The molecule has 3 heterocycles. The number of nitrogens with one attached hydrogen (secondary N) is 1. The molecular weight excluding hydrogens is 466 g/mol.